The Kier molecular flexibility index (Phi) is 4.23. The van der Waals surface area contributed by atoms with Gasteiger partial charge in [0.25, 0.3) is 5.91 Å². The van der Waals surface area contributed by atoms with Gasteiger partial charge in [-0.3, -0.25) is 4.79 Å². The smallest absolute Gasteiger partial charge is 0.274 e. The van der Waals surface area contributed by atoms with Crippen LogP contribution in [0.4, 0.5) is 0 Å². The van der Waals surface area contributed by atoms with Crippen LogP contribution in [-0.2, 0) is 0 Å². The van der Waals surface area contributed by atoms with Gasteiger partial charge < -0.3 is 5.11 Å². The number of hydrazone groups is 1. The lowest BCUT2D eigenvalue weighted by atomic mass is 9.98. The molecule has 1 N–H and O–H groups in total. The van der Waals surface area contributed by atoms with E-state index in [1.54, 1.807) is 24.3 Å². The van der Waals surface area contributed by atoms with Crippen LogP contribution in [0.3, 0.4) is 0 Å². The summed E-state index contributed by atoms with van der Waals surface area (Å²) >= 11 is 0. The summed E-state index contributed by atoms with van der Waals surface area (Å²) in [4.78, 5) is 13.0. The quantitative estimate of drug-likeness (QED) is 0.768. The zero-order valence-corrected chi connectivity index (χ0v) is 14.1. The fourth-order valence-electron chi connectivity index (χ4n) is 3.23. The Labute approximate surface area is 152 Å². The van der Waals surface area contributed by atoms with E-state index in [0.717, 1.165) is 5.56 Å². The van der Waals surface area contributed by atoms with Crippen LogP contribution in [0, 0.1) is 0 Å². The van der Waals surface area contributed by atoms with E-state index < -0.39 is 0 Å². The SMILES string of the molecule is O=C(c1ccccc1)N1N=C(c2ccccc2O)CC1c1ccccc1. The molecule has 4 heteroatoms. The molecular formula is C22H18N2O2. The molecule has 4 nitrogen and oxygen atoms in total. The molecule has 0 radical (unpaired) electrons. The van der Waals surface area contributed by atoms with Crippen molar-refractivity contribution in [2.45, 2.75) is 12.5 Å². The van der Waals surface area contributed by atoms with Crippen LogP contribution in [0.1, 0.15) is 33.9 Å². The molecule has 4 rings (SSSR count). The summed E-state index contributed by atoms with van der Waals surface area (Å²) in [5.74, 6) is 0.0249. The van der Waals surface area contributed by atoms with Crippen molar-refractivity contribution in [1.82, 2.24) is 5.01 Å². The minimum Gasteiger partial charge on any atom is -0.507 e. The van der Waals surface area contributed by atoms with Crippen molar-refractivity contribution < 1.29 is 9.90 Å². The van der Waals surface area contributed by atoms with Gasteiger partial charge in [0, 0.05) is 17.5 Å². The Balaban J connectivity index is 1.75. The Morgan fingerprint density at radius 2 is 1.50 bits per heavy atom. The van der Waals surface area contributed by atoms with Gasteiger partial charge in [0.15, 0.2) is 0 Å². The second kappa shape index (κ2) is 6.84. The van der Waals surface area contributed by atoms with Crippen molar-refractivity contribution in [1.29, 1.82) is 0 Å². The van der Waals surface area contributed by atoms with Crippen LogP contribution >= 0.6 is 0 Å². The normalized spacial score (nSPS) is 16.4. The lowest BCUT2D eigenvalue weighted by Crippen LogP contribution is -2.27. The van der Waals surface area contributed by atoms with Crippen molar-refractivity contribution in [2.75, 3.05) is 0 Å². The van der Waals surface area contributed by atoms with E-state index in [1.165, 1.54) is 5.01 Å². The van der Waals surface area contributed by atoms with Gasteiger partial charge in [0.2, 0.25) is 0 Å². The molecular weight excluding hydrogens is 324 g/mol. The maximum atomic E-state index is 13.0. The predicted octanol–water partition coefficient (Wildman–Crippen LogP) is 4.38. The summed E-state index contributed by atoms with van der Waals surface area (Å²) in [6.07, 6.45) is 0.556. The molecule has 1 aliphatic heterocycles. The Hall–Kier alpha value is -3.40. The fourth-order valence-corrected chi connectivity index (χ4v) is 3.23. The average Bonchev–Trinajstić information content (AvgIpc) is 3.14. The van der Waals surface area contributed by atoms with Gasteiger partial charge in [-0.25, -0.2) is 5.01 Å². The number of hydrogen-bond donors (Lipinski definition) is 1. The third-order valence-corrected chi connectivity index (χ3v) is 4.54. The third-order valence-electron chi connectivity index (χ3n) is 4.54. The number of benzene rings is 3. The topological polar surface area (TPSA) is 52.9 Å². The van der Waals surface area contributed by atoms with Gasteiger partial charge in [-0.15, -0.1) is 0 Å². The zero-order chi connectivity index (χ0) is 17.9. The summed E-state index contributed by atoms with van der Waals surface area (Å²) < 4.78 is 0. The molecule has 0 saturated heterocycles. The van der Waals surface area contributed by atoms with Crippen LogP contribution in [0.25, 0.3) is 0 Å². The molecule has 0 saturated carbocycles. The number of phenolic OH excluding ortho intramolecular Hbond substituents is 1. The number of carbonyl (C=O) groups excluding carboxylic acids is 1. The van der Waals surface area contributed by atoms with Crippen LogP contribution in [0.2, 0.25) is 0 Å². The second-order valence-electron chi connectivity index (χ2n) is 6.21. The molecule has 0 aliphatic carbocycles. The lowest BCUT2D eigenvalue weighted by molar-refractivity contribution is 0.0711. The van der Waals surface area contributed by atoms with E-state index in [0.29, 0.717) is 23.3 Å². The van der Waals surface area contributed by atoms with Crippen molar-refractivity contribution >= 4 is 11.6 Å². The monoisotopic (exact) mass is 342 g/mol. The van der Waals surface area contributed by atoms with Crippen molar-refractivity contribution in [3.05, 3.63) is 102 Å². The molecule has 3 aromatic carbocycles. The van der Waals surface area contributed by atoms with Crippen LogP contribution in [0.5, 0.6) is 5.75 Å². The number of nitrogens with zero attached hydrogens (tertiary/aromatic N) is 2. The van der Waals surface area contributed by atoms with Crippen LogP contribution < -0.4 is 0 Å². The van der Waals surface area contributed by atoms with Crippen LogP contribution in [-0.4, -0.2) is 21.7 Å². The Morgan fingerprint density at radius 3 is 2.19 bits per heavy atom. The highest BCUT2D eigenvalue weighted by Crippen LogP contribution is 2.35. The first-order chi connectivity index (χ1) is 12.7. The molecule has 1 atom stereocenters. The number of carbonyl (C=O) groups is 1. The van der Waals surface area contributed by atoms with Crippen molar-refractivity contribution in [3.63, 3.8) is 0 Å². The van der Waals surface area contributed by atoms with Gasteiger partial charge in [-0.2, -0.15) is 5.10 Å². The van der Waals surface area contributed by atoms with Crippen molar-refractivity contribution in [3.8, 4) is 5.75 Å². The number of rotatable bonds is 3. The van der Waals surface area contributed by atoms with E-state index >= 15 is 0 Å². The summed E-state index contributed by atoms with van der Waals surface area (Å²) in [6.45, 7) is 0. The number of para-hydroxylation sites is 1. The Morgan fingerprint density at radius 1 is 0.885 bits per heavy atom. The first-order valence-corrected chi connectivity index (χ1v) is 8.53. The first-order valence-electron chi connectivity index (χ1n) is 8.53. The number of amides is 1. The fraction of sp³-hybridized carbons (Fsp3) is 0.0909. The maximum absolute atomic E-state index is 13.0. The number of phenols is 1. The van der Waals surface area contributed by atoms with Crippen LogP contribution in [0.15, 0.2) is 90.0 Å². The molecule has 1 aliphatic rings. The van der Waals surface area contributed by atoms with Gasteiger partial charge in [-0.1, -0.05) is 60.7 Å². The molecule has 0 fully saturated rings. The second-order valence-corrected chi connectivity index (χ2v) is 6.21. The highest BCUT2D eigenvalue weighted by molar-refractivity contribution is 6.06. The van der Waals surface area contributed by atoms with E-state index in [-0.39, 0.29) is 17.7 Å². The molecule has 0 bridgehead atoms. The molecule has 26 heavy (non-hydrogen) atoms. The molecule has 1 heterocycles. The minimum atomic E-state index is -0.196. The predicted molar refractivity (Wildman–Crippen MR) is 101 cm³/mol. The minimum absolute atomic E-state index is 0.148. The average molecular weight is 342 g/mol. The van der Waals surface area contributed by atoms with E-state index in [1.807, 2.05) is 60.7 Å². The van der Waals surface area contributed by atoms with Gasteiger partial charge in [0.05, 0.1) is 11.8 Å². The van der Waals surface area contributed by atoms with Gasteiger partial charge in [-0.05, 0) is 29.8 Å². The van der Waals surface area contributed by atoms with E-state index in [9.17, 15) is 9.90 Å². The van der Waals surface area contributed by atoms with Crippen molar-refractivity contribution in [2.24, 2.45) is 5.10 Å². The van der Waals surface area contributed by atoms with Gasteiger partial charge in [0.1, 0.15) is 5.75 Å². The zero-order valence-electron chi connectivity index (χ0n) is 14.1. The molecule has 1 amide bonds. The third kappa shape index (κ3) is 2.97. The molecule has 3 aromatic rings. The summed E-state index contributed by atoms with van der Waals surface area (Å²) in [7, 11) is 0. The number of hydrogen-bond acceptors (Lipinski definition) is 3. The summed E-state index contributed by atoms with van der Waals surface area (Å²) in [5.41, 5.74) is 2.99. The molecule has 128 valence electrons. The molecule has 0 aromatic heterocycles. The van der Waals surface area contributed by atoms with E-state index in [4.69, 9.17) is 0 Å². The molecule has 0 spiro atoms. The Bertz CT molecular complexity index is 952. The standard InChI is InChI=1S/C22H18N2O2/c25-21-14-8-7-13-18(21)19-15-20(16-9-3-1-4-10-16)24(23-19)22(26)17-11-5-2-6-12-17/h1-14,20,25H,15H2. The first kappa shape index (κ1) is 16.1. The molecule has 1 unspecified atom stereocenters. The highest BCUT2D eigenvalue weighted by atomic mass is 16.3. The lowest BCUT2D eigenvalue weighted by Gasteiger charge is -2.22. The summed E-state index contributed by atoms with van der Waals surface area (Å²) in [5, 5.41) is 16.3. The summed E-state index contributed by atoms with van der Waals surface area (Å²) in [6, 6.07) is 25.9. The number of aromatic hydroxyl groups is 1. The highest BCUT2D eigenvalue weighted by Gasteiger charge is 2.34. The van der Waals surface area contributed by atoms with Gasteiger partial charge >= 0.3 is 0 Å². The maximum Gasteiger partial charge on any atom is 0.274 e. The largest absolute Gasteiger partial charge is 0.507 e. The van der Waals surface area contributed by atoms with E-state index in [2.05, 4.69) is 5.10 Å².